The van der Waals surface area contributed by atoms with Gasteiger partial charge in [0.15, 0.2) is 0 Å². The summed E-state index contributed by atoms with van der Waals surface area (Å²) in [4.78, 5) is 0. The van der Waals surface area contributed by atoms with Gasteiger partial charge in [0.25, 0.3) is 0 Å². The summed E-state index contributed by atoms with van der Waals surface area (Å²) in [7, 11) is 0. The van der Waals surface area contributed by atoms with Gasteiger partial charge in [-0.15, -0.1) is 0 Å². The molecule has 0 saturated heterocycles. The molecule has 1 heteroatoms. The van der Waals surface area contributed by atoms with Crippen molar-refractivity contribution in [1.82, 2.24) is 0 Å². The summed E-state index contributed by atoms with van der Waals surface area (Å²) >= 11 is 0. The van der Waals surface area contributed by atoms with E-state index in [-0.39, 0.29) is 26.2 Å². The van der Waals surface area contributed by atoms with E-state index in [4.69, 9.17) is 0 Å². The van der Waals surface area contributed by atoms with E-state index in [9.17, 15) is 0 Å². The molecule has 0 heterocycles. The predicted octanol–water partition coefficient (Wildman–Crippen LogP) is 7.13. The Balaban J connectivity index is 0. The van der Waals surface area contributed by atoms with Crippen LogP contribution in [-0.2, 0) is 26.2 Å². The van der Waals surface area contributed by atoms with Crippen molar-refractivity contribution < 1.29 is 26.2 Å². The first-order chi connectivity index (χ1) is 10.8. The van der Waals surface area contributed by atoms with Crippen molar-refractivity contribution in [3.05, 3.63) is 79.2 Å². The Bertz CT molecular complexity index is 334. The fraction of sp³-hybridized carbons (Fsp3) is 0.409. The molecular weight excluding hydrogens is 355 g/mol. The monoisotopic (exact) mass is 386 g/mol. The van der Waals surface area contributed by atoms with Gasteiger partial charge in [0.05, 0.1) is 0 Å². The van der Waals surface area contributed by atoms with Gasteiger partial charge >= 0.3 is 26.2 Å². The van der Waals surface area contributed by atoms with Crippen LogP contribution in [0.1, 0.15) is 58.8 Å². The average molecular weight is 388 g/mol. The number of unbranched alkanes of at least 4 members (excludes halogenated alkanes) is 3. The molecule has 23 heavy (non-hydrogen) atoms. The van der Waals surface area contributed by atoms with Crippen LogP contribution < -0.4 is 0 Å². The summed E-state index contributed by atoms with van der Waals surface area (Å²) < 4.78 is 0. The molecule has 0 spiro atoms. The van der Waals surface area contributed by atoms with Crippen molar-refractivity contribution in [1.29, 1.82) is 0 Å². The summed E-state index contributed by atoms with van der Waals surface area (Å²) in [6.45, 7) is 8.37. The minimum atomic E-state index is 0. The third-order valence-corrected chi connectivity index (χ3v) is 3.15. The Morgan fingerprint density at radius 3 is 1.65 bits per heavy atom. The van der Waals surface area contributed by atoms with Crippen LogP contribution in [0.25, 0.3) is 0 Å². The van der Waals surface area contributed by atoms with Crippen molar-refractivity contribution >= 4 is 0 Å². The van der Waals surface area contributed by atoms with Gasteiger partial charge < -0.3 is 13.0 Å². The van der Waals surface area contributed by atoms with Crippen LogP contribution in [0.15, 0.2) is 66.2 Å². The topological polar surface area (TPSA) is 0 Å². The van der Waals surface area contributed by atoms with Crippen molar-refractivity contribution in [2.45, 2.75) is 58.8 Å². The molecule has 0 aliphatic heterocycles. The second-order valence-electron chi connectivity index (χ2n) is 5.16. The second kappa shape index (κ2) is 21.3. The average Bonchev–Trinajstić information content (AvgIpc) is 3.29. The van der Waals surface area contributed by atoms with E-state index in [0.717, 1.165) is 12.8 Å². The van der Waals surface area contributed by atoms with Gasteiger partial charge in [-0.3, -0.25) is 5.57 Å². The van der Waals surface area contributed by atoms with Crippen molar-refractivity contribution in [2.24, 2.45) is 0 Å². The molecule has 0 unspecified atom stereocenters. The first-order valence-corrected chi connectivity index (χ1v) is 8.56. The molecule has 0 nitrogen and oxygen atoms in total. The zero-order valence-electron chi connectivity index (χ0n) is 14.9. The van der Waals surface area contributed by atoms with Crippen molar-refractivity contribution in [3.63, 3.8) is 0 Å². The van der Waals surface area contributed by atoms with Crippen LogP contribution in [0.4, 0.5) is 0 Å². The molecule has 0 radical (unpaired) electrons. The van der Waals surface area contributed by atoms with E-state index < -0.39 is 0 Å². The molecule has 0 aliphatic carbocycles. The summed E-state index contributed by atoms with van der Waals surface area (Å²) in [5, 5.41) is 0. The second-order valence-corrected chi connectivity index (χ2v) is 5.16. The van der Waals surface area contributed by atoms with Crippen molar-refractivity contribution in [3.8, 4) is 0 Å². The Morgan fingerprint density at radius 1 is 0.870 bits per heavy atom. The van der Waals surface area contributed by atoms with Crippen molar-refractivity contribution in [2.75, 3.05) is 0 Å². The molecule has 0 aliphatic rings. The molecule has 2 aromatic rings. The maximum atomic E-state index is 3.92. The quantitative estimate of drug-likeness (QED) is 0.350. The van der Waals surface area contributed by atoms with E-state index in [1.54, 1.807) is 0 Å². The maximum absolute atomic E-state index is 3.92. The normalized spacial score (nSPS) is 9.78. The zero-order valence-corrected chi connectivity index (χ0v) is 17.4. The van der Waals surface area contributed by atoms with Gasteiger partial charge in [-0.25, -0.2) is 24.3 Å². The fourth-order valence-electron chi connectivity index (χ4n) is 1.78. The van der Waals surface area contributed by atoms with E-state index in [1.807, 2.05) is 60.7 Å². The van der Waals surface area contributed by atoms with Crippen LogP contribution in [0.2, 0.25) is 0 Å². The minimum absolute atomic E-state index is 0. The smallest absolute Gasteiger partial charge is 0.500 e. The van der Waals surface area contributed by atoms with Gasteiger partial charge in [0, 0.05) is 0 Å². The molecular formula is C22H32Zr. The molecule has 2 aromatic carbocycles. The van der Waals surface area contributed by atoms with Crippen LogP contribution in [0, 0.1) is 13.0 Å². The number of rotatable bonds is 7. The number of hydrogen-bond acceptors (Lipinski definition) is 0. The van der Waals surface area contributed by atoms with Gasteiger partial charge in [0.1, 0.15) is 0 Å². The molecule has 0 atom stereocenters. The fourth-order valence-corrected chi connectivity index (χ4v) is 1.78. The standard InChI is InChI=1S/C12H22.2C5H5.Zr/c1-4-7-9-11-12(6-3)10-8-5-2;2*1-2-4-5-3-1;/h3-10H2,1-2H3;2*1-5H;/q-2;2*-1;+4. The molecule has 124 valence electrons. The van der Waals surface area contributed by atoms with E-state index in [0.29, 0.717) is 0 Å². The summed E-state index contributed by atoms with van der Waals surface area (Å²) in [5.74, 6) is 0. The molecule has 0 bridgehead atoms. The first kappa shape index (κ1) is 24.6. The van der Waals surface area contributed by atoms with Crippen LogP contribution in [0.3, 0.4) is 0 Å². The molecule has 0 fully saturated rings. The van der Waals surface area contributed by atoms with E-state index in [2.05, 4.69) is 26.8 Å². The largest absolute Gasteiger partial charge is 4.00 e. The van der Waals surface area contributed by atoms with Crippen LogP contribution in [0.5, 0.6) is 0 Å². The molecule has 0 saturated carbocycles. The zero-order chi connectivity index (χ0) is 16.3. The summed E-state index contributed by atoms with van der Waals surface area (Å²) in [6, 6.07) is 20.0. The number of allylic oxidation sites excluding steroid dienone is 2. The maximum Gasteiger partial charge on any atom is 4.00 e. The van der Waals surface area contributed by atoms with Gasteiger partial charge in [-0.1, -0.05) is 46.0 Å². The SMILES string of the molecule is [CH2-]CC(=[C-]CCCC)CCCC.[Zr+4].c1cc[cH-]c1.c1cc[cH-]c1. The Kier molecular flexibility index (Phi) is 22.8. The molecule has 2 rings (SSSR count). The molecule has 0 amide bonds. The Labute approximate surface area is 163 Å². The van der Waals surface area contributed by atoms with Gasteiger partial charge in [0.2, 0.25) is 0 Å². The van der Waals surface area contributed by atoms with Crippen LogP contribution in [-0.4, -0.2) is 0 Å². The number of hydrogen-bond donors (Lipinski definition) is 0. The van der Waals surface area contributed by atoms with Gasteiger partial charge in [-0.05, 0) is 0 Å². The Hall–Kier alpha value is -0.677. The molecule has 0 aromatic heterocycles. The van der Waals surface area contributed by atoms with E-state index in [1.165, 1.54) is 37.7 Å². The third-order valence-electron chi connectivity index (χ3n) is 3.15. The molecule has 0 N–H and O–H groups in total. The summed E-state index contributed by atoms with van der Waals surface area (Å²) in [5.41, 5.74) is 1.44. The third kappa shape index (κ3) is 19.3. The van der Waals surface area contributed by atoms with E-state index >= 15 is 0 Å². The first-order valence-electron chi connectivity index (χ1n) is 8.56. The summed E-state index contributed by atoms with van der Waals surface area (Å²) in [6.07, 6.45) is 11.9. The van der Waals surface area contributed by atoms with Gasteiger partial charge in [-0.2, -0.15) is 49.2 Å². The minimum Gasteiger partial charge on any atom is -0.500 e. The van der Waals surface area contributed by atoms with Crippen LogP contribution >= 0.6 is 0 Å². The predicted molar refractivity (Wildman–Crippen MR) is 99.9 cm³/mol. The Morgan fingerprint density at radius 2 is 1.35 bits per heavy atom.